The third-order valence-corrected chi connectivity index (χ3v) is 2.51. The zero-order valence-corrected chi connectivity index (χ0v) is 6.77. The molecule has 0 spiro atoms. The largest absolute Gasteiger partial charge is 0.402 e. The van der Waals surface area contributed by atoms with E-state index in [1.54, 1.807) is 0 Å². The molecule has 11 heavy (non-hydrogen) atoms. The van der Waals surface area contributed by atoms with Crippen LogP contribution in [0.3, 0.4) is 0 Å². The summed E-state index contributed by atoms with van der Waals surface area (Å²) in [5, 5.41) is 0. The predicted molar refractivity (Wildman–Crippen MR) is 46.6 cm³/mol. The van der Waals surface area contributed by atoms with Crippen molar-refractivity contribution in [2.75, 3.05) is 6.54 Å². The van der Waals surface area contributed by atoms with Gasteiger partial charge in [-0.1, -0.05) is 0 Å². The van der Waals surface area contributed by atoms with E-state index in [0.29, 0.717) is 0 Å². The van der Waals surface area contributed by atoms with Gasteiger partial charge in [0, 0.05) is 24.4 Å². The number of hydrogen-bond donors (Lipinski definition) is 1. The van der Waals surface area contributed by atoms with Crippen LogP contribution < -0.4 is 5.73 Å². The summed E-state index contributed by atoms with van der Waals surface area (Å²) in [6, 6.07) is 0. The van der Waals surface area contributed by atoms with E-state index in [2.05, 4.69) is 4.99 Å². The molecule has 1 aliphatic carbocycles. The molecule has 1 saturated carbocycles. The number of nitrogens with zero attached hydrogens (tertiary/aromatic N) is 1. The minimum atomic E-state index is 0.921. The van der Waals surface area contributed by atoms with Crippen molar-refractivity contribution in [2.45, 2.75) is 32.1 Å². The zero-order valence-electron chi connectivity index (χ0n) is 6.77. The Hall–Kier alpha value is -0.790. The molecule has 2 heteroatoms. The van der Waals surface area contributed by atoms with Gasteiger partial charge in [-0.15, -0.1) is 0 Å². The van der Waals surface area contributed by atoms with Crippen molar-refractivity contribution in [1.29, 1.82) is 0 Å². The topological polar surface area (TPSA) is 38.4 Å². The molecule has 0 radical (unpaired) electrons. The lowest BCUT2D eigenvalue weighted by Crippen LogP contribution is -2.20. The number of dihydropyridines is 1. The highest BCUT2D eigenvalue weighted by atomic mass is 14.8. The van der Waals surface area contributed by atoms with E-state index in [1.165, 1.54) is 30.5 Å². The summed E-state index contributed by atoms with van der Waals surface area (Å²) in [5.41, 5.74) is 9.68. The molecule has 1 heterocycles. The smallest absolute Gasteiger partial charge is 0.0447 e. The van der Waals surface area contributed by atoms with E-state index in [9.17, 15) is 0 Å². The lowest BCUT2D eigenvalue weighted by atomic mass is 9.89. The lowest BCUT2D eigenvalue weighted by molar-refractivity contribution is 0.705. The SMILES string of the molecule is NC1=C2CCCCC2=NCC1. The van der Waals surface area contributed by atoms with E-state index in [4.69, 9.17) is 5.73 Å². The fourth-order valence-corrected chi connectivity index (χ4v) is 1.87. The number of allylic oxidation sites excluding steroid dienone is 1. The van der Waals surface area contributed by atoms with Crippen molar-refractivity contribution in [1.82, 2.24) is 0 Å². The molecule has 2 nitrogen and oxygen atoms in total. The molecule has 0 unspecified atom stereocenters. The highest BCUT2D eigenvalue weighted by Gasteiger charge is 2.18. The van der Waals surface area contributed by atoms with E-state index >= 15 is 0 Å². The Labute approximate surface area is 67.2 Å². The van der Waals surface area contributed by atoms with Crippen LogP contribution in [0.5, 0.6) is 0 Å². The van der Waals surface area contributed by atoms with Gasteiger partial charge in [0.25, 0.3) is 0 Å². The summed E-state index contributed by atoms with van der Waals surface area (Å²) in [5.74, 6) is 0. The van der Waals surface area contributed by atoms with Gasteiger partial charge >= 0.3 is 0 Å². The van der Waals surface area contributed by atoms with Crippen LogP contribution in [0.25, 0.3) is 0 Å². The van der Waals surface area contributed by atoms with Crippen molar-refractivity contribution < 1.29 is 0 Å². The average Bonchev–Trinajstić information content (AvgIpc) is 2.06. The van der Waals surface area contributed by atoms with Crippen molar-refractivity contribution in [3.05, 3.63) is 11.3 Å². The van der Waals surface area contributed by atoms with Gasteiger partial charge in [0.05, 0.1) is 0 Å². The monoisotopic (exact) mass is 150 g/mol. The summed E-state index contributed by atoms with van der Waals surface area (Å²) in [7, 11) is 0. The highest BCUT2D eigenvalue weighted by molar-refractivity contribution is 6.01. The van der Waals surface area contributed by atoms with Gasteiger partial charge in [-0.05, 0) is 31.3 Å². The van der Waals surface area contributed by atoms with Crippen molar-refractivity contribution in [3.63, 3.8) is 0 Å². The number of aliphatic imine (C=N–C) groups is 1. The van der Waals surface area contributed by atoms with Gasteiger partial charge < -0.3 is 5.73 Å². The molecular weight excluding hydrogens is 136 g/mol. The van der Waals surface area contributed by atoms with E-state index < -0.39 is 0 Å². The molecule has 0 amide bonds. The minimum Gasteiger partial charge on any atom is -0.402 e. The third-order valence-electron chi connectivity index (χ3n) is 2.51. The quantitative estimate of drug-likeness (QED) is 0.560. The van der Waals surface area contributed by atoms with Gasteiger partial charge in [0.15, 0.2) is 0 Å². The van der Waals surface area contributed by atoms with Gasteiger partial charge in [-0.3, -0.25) is 4.99 Å². The lowest BCUT2D eigenvalue weighted by Gasteiger charge is -2.22. The standard InChI is InChI=1S/C9H14N2/c10-8-5-6-11-9-4-2-1-3-7(8)9/h1-6,10H2. The summed E-state index contributed by atoms with van der Waals surface area (Å²) < 4.78 is 0. The molecule has 2 rings (SSSR count). The molecule has 60 valence electrons. The molecule has 2 N–H and O–H groups in total. The maximum absolute atomic E-state index is 5.89. The molecule has 1 aliphatic heterocycles. The Balaban J connectivity index is 2.29. The highest BCUT2D eigenvalue weighted by Crippen LogP contribution is 2.26. The third kappa shape index (κ3) is 1.17. The van der Waals surface area contributed by atoms with Crippen LogP contribution in [-0.2, 0) is 0 Å². The Morgan fingerprint density at radius 1 is 1.09 bits per heavy atom. The molecule has 0 atom stereocenters. The van der Waals surface area contributed by atoms with Gasteiger partial charge in [-0.25, -0.2) is 0 Å². The van der Waals surface area contributed by atoms with Gasteiger partial charge in [0.2, 0.25) is 0 Å². The van der Waals surface area contributed by atoms with Crippen molar-refractivity contribution >= 4 is 5.71 Å². The maximum Gasteiger partial charge on any atom is 0.0447 e. The van der Waals surface area contributed by atoms with Crippen LogP contribution in [0.1, 0.15) is 32.1 Å². The molecule has 0 aromatic rings. The molecule has 0 aromatic carbocycles. The van der Waals surface area contributed by atoms with Crippen LogP contribution in [0.15, 0.2) is 16.3 Å². The van der Waals surface area contributed by atoms with E-state index in [0.717, 1.165) is 25.1 Å². The molecular formula is C9H14N2. The van der Waals surface area contributed by atoms with Crippen LogP contribution >= 0.6 is 0 Å². The summed E-state index contributed by atoms with van der Waals surface area (Å²) in [4.78, 5) is 4.48. The zero-order chi connectivity index (χ0) is 7.68. The second kappa shape index (κ2) is 2.68. The van der Waals surface area contributed by atoms with Crippen LogP contribution in [0, 0.1) is 0 Å². The van der Waals surface area contributed by atoms with E-state index in [1.807, 2.05) is 0 Å². The fourth-order valence-electron chi connectivity index (χ4n) is 1.87. The first-order valence-corrected chi connectivity index (χ1v) is 4.39. The number of fused-ring (bicyclic) bond motifs is 1. The molecule has 0 aromatic heterocycles. The Morgan fingerprint density at radius 3 is 2.73 bits per heavy atom. The Morgan fingerprint density at radius 2 is 1.91 bits per heavy atom. The first-order valence-electron chi connectivity index (χ1n) is 4.39. The normalized spacial score (nSPS) is 24.5. The molecule has 0 saturated heterocycles. The van der Waals surface area contributed by atoms with E-state index in [-0.39, 0.29) is 0 Å². The van der Waals surface area contributed by atoms with Crippen molar-refractivity contribution in [3.8, 4) is 0 Å². The molecule has 1 fully saturated rings. The Bertz CT molecular complexity index is 226. The van der Waals surface area contributed by atoms with Crippen LogP contribution in [0.4, 0.5) is 0 Å². The molecule has 2 aliphatic rings. The maximum atomic E-state index is 5.89. The number of hydrogen-bond acceptors (Lipinski definition) is 2. The first-order chi connectivity index (χ1) is 5.38. The first kappa shape index (κ1) is 6.89. The average molecular weight is 150 g/mol. The molecule has 0 bridgehead atoms. The summed E-state index contributed by atoms with van der Waals surface area (Å²) in [6.45, 7) is 0.921. The number of rotatable bonds is 0. The second-order valence-corrected chi connectivity index (χ2v) is 3.29. The van der Waals surface area contributed by atoms with Gasteiger partial charge in [0.1, 0.15) is 0 Å². The van der Waals surface area contributed by atoms with Crippen molar-refractivity contribution in [2.24, 2.45) is 10.7 Å². The summed E-state index contributed by atoms with van der Waals surface area (Å²) in [6.07, 6.45) is 5.92. The fraction of sp³-hybridized carbons (Fsp3) is 0.667. The predicted octanol–water partition coefficient (Wildman–Crippen LogP) is 1.62. The summed E-state index contributed by atoms with van der Waals surface area (Å²) >= 11 is 0. The number of nitrogens with two attached hydrogens (primary N) is 1. The van der Waals surface area contributed by atoms with Crippen LogP contribution in [0.2, 0.25) is 0 Å². The Kier molecular flexibility index (Phi) is 1.68. The minimum absolute atomic E-state index is 0.921. The second-order valence-electron chi connectivity index (χ2n) is 3.29. The van der Waals surface area contributed by atoms with Crippen LogP contribution in [-0.4, -0.2) is 12.3 Å². The van der Waals surface area contributed by atoms with Gasteiger partial charge in [-0.2, -0.15) is 0 Å².